The summed E-state index contributed by atoms with van der Waals surface area (Å²) in [6.45, 7) is 3.24. The van der Waals surface area contributed by atoms with Gasteiger partial charge >= 0.3 is 11.9 Å². The first-order valence-electron chi connectivity index (χ1n) is 8.87. The SMILES string of the molecule is CCOC(=O)CN1C(=O)S/C(=C/c2cc(I)c(OCC(=O)OC)c(OCC)c2)C1=O. The van der Waals surface area contributed by atoms with E-state index >= 15 is 0 Å². The van der Waals surface area contributed by atoms with Crippen LogP contribution in [0.1, 0.15) is 19.4 Å². The summed E-state index contributed by atoms with van der Waals surface area (Å²) >= 11 is 2.76. The van der Waals surface area contributed by atoms with Gasteiger partial charge in [0.1, 0.15) is 6.54 Å². The number of amides is 2. The van der Waals surface area contributed by atoms with Crippen molar-refractivity contribution in [3.05, 3.63) is 26.2 Å². The lowest BCUT2D eigenvalue weighted by Crippen LogP contribution is -2.34. The van der Waals surface area contributed by atoms with Gasteiger partial charge in [0.15, 0.2) is 18.1 Å². The van der Waals surface area contributed by atoms with Gasteiger partial charge in [-0.15, -0.1) is 0 Å². The van der Waals surface area contributed by atoms with E-state index in [0.717, 1.165) is 16.7 Å². The number of hydrogen-bond acceptors (Lipinski definition) is 9. The lowest BCUT2D eigenvalue weighted by atomic mass is 10.2. The van der Waals surface area contributed by atoms with Gasteiger partial charge in [0.25, 0.3) is 11.1 Å². The molecule has 2 rings (SSSR count). The summed E-state index contributed by atoms with van der Waals surface area (Å²) in [5, 5.41) is -0.544. The van der Waals surface area contributed by atoms with Crippen LogP contribution in [0.25, 0.3) is 6.08 Å². The van der Waals surface area contributed by atoms with Crippen LogP contribution in [0, 0.1) is 3.57 Å². The average Bonchev–Trinajstić information content (AvgIpc) is 2.95. The average molecular weight is 549 g/mol. The molecule has 1 fully saturated rings. The summed E-state index contributed by atoms with van der Waals surface area (Å²) in [4.78, 5) is 48.7. The molecule has 0 radical (unpaired) electrons. The summed E-state index contributed by atoms with van der Waals surface area (Å²) in [6, 6.07) is 3.35. The molecular weight excluding hydrogens is 529 g/mol. The molecule has 0 N–H and O–H groups in total. The van der Waals surface area contributed by atoms with E-state index in [9.17, 15) is 19.2 Å². The second kappa shape index (κ2) is 11.2. The maximum absolute atomic E-state index is 12.5. The van der Waals surface area contributed by atoms with Crippen LogP contribution >= 0.6 is 34.4 Å². The van der Waals surface area contributed by atoms with Crippen molar-refractivity contribution in [1.82, 2.24) is 4.90 Å². The maximum atomic E-state index is 12.5. The minimum Gasteiger partial charge on any atom is -0.490 e. The van der Waals surface area contributed by atoms with Crippen LogP contribution in [-0.4, -0.2) is 61.5 Å². The van der Waals surface area contributed by atoms with Gasteiger partial charge in [-0.05, 0) is 72.0 Å². The number of esters is 2. The molecule has 0 atom stereocenters. The third-order valence-electron chi connectivity index (χ3n) is 3.66. The highest BCUT2D eigenvalue weighted by Gasteiger charge is 2.36. The zero-order valence-electron chi connectivity index (χ0n) is 16.6. The van der Waals surface area contributed by atoms with E-state index in [4.69, 9.17) is 14.2 Å². The Hall–Kier alpha value is -2.28. The Bertz CT molecular complexity index is 886. The molecule has 0 spiro atoms. The first-order chi connectivity index (χ1) is 14.3. The van der Waals surface area contributed by atoms with Gasteiger partial charge < -0.3 is 18.9 Å². The molecule has 162 valence electrons. The van der Waals surface area contributed by atoms with Crippen molar-refractivity contribution in [2.45, 2.75) is 13.8 Å². The lowest BCUT2D eigenvalue weighted by Gasteiger charge is -2.14. The number of ether oxygens (including phenoxy) is 4. The molecular formula is C19H20INO8S. The van der Waals surface area contributed by atoms with Gasteiger partial charge in [0.05, 0.1) is 28.8 Å². The summed E-state index contributed by atoms with van der Waals surface area (Å²) < 4.78 is 21.1. The molecule has 0 bridgehead atoms. The summed E-state index contributed by atoms with van der Waals surface area (Å²) in [7, 11) is 1.26. The first-order valence-corrected chi connectivity index (χ1v) is 10.8. The summed E-state index contributed by atoms with van der Waals surface area (Å²) in [6.07, 6.45) is 1.53. The van der Waals surface area contributed by atoms with Crippen LogP contribution in [0.15, 0.2) is 17.0 Å². The van der Waals surface area contributed by atoms with Crippen LogP contribution in [-0.2, 0) is 23.9 Å². The summed E-state index contributed by atoms with van der Waals surface area (Å²) in [5.41, 5.74) is 0.593. The van der Waals surface area contributed by atoms with Crippen LogP contribution in [0.5, 0.6) is 11.5 Å². The quantitative estimate of drug-likeness (QED) is 0.261. The standard InChI is InChI=1S/C19H20INO8S/c1-4-27-13-7-11(6-12(20)17(13)29-10-16(23)26-3)8-14-18(24)21(19(25)30-14)9-15(22)28-5-2/h6-8H,4-5,9-10H2,1-3H3/b14-8+. The Morgan fingerprint density at radius 3 is 2.50 bits per heavy atom. The fourth-order valence-electron chi connectivity index (χ4n) is 2.39. The number of hydrogen-bond donors (Lipinski definition) is 0. The first kappa shape index (κ1) is 24.0. The van der Waals surface area contributed by atoms with Crippen LogP contribution in [0.3, 0.4) is 0 Å². The van der Waals surface area contributed by atoms with E-state index in [-0.39, 0.29) is 18.1 Å². The number of imide groups is 1. The second-order valence-electron chi connectivity index (χ2n) is 5.70. The Morgan fingerprint density at radius 2 is 1.87 bits per heavy atom. The molecule has 1 heterocycles. The number of methoxy groups -OCH3 is 1. The molecule has 30 heavy (non-hydrogen) atoms. The number of halogens is 1. The van der Waals surface area contributed by atoms with Crippen molar-refractivity contribution in [2.75, 3.05) is 33.5 Å². The number of carbonyl (C=O) groups excluding carboxylic acids is 4. The van der Waals surface area contributed by atoms with E-state index in [1.54, 1.807) is 26.0 Å². The summed E-state index contributed by atoms with van der Waals surface area (Å²) in [5.74, 6) is -1.01. The largest absolute Gasteiger partial charge is 0.490 e. The number of rotatable bonds is 9. The number of benzene rings is 1. The highest BCUT2D eigenvalue weighted by molar-refractivity contribution is 14.1. The second-order valence-corrected chi connectivity index (χ2v) is 7.86. The molecule has 1 aromatic rings. The van der Waals surface area contributed by atoms with Gasteiger partial charge in [-0.1, -0.05) is 0 Å². The van der Waals surface area contributed by atoms with Gasteiger partial charge in [-0.25, -0.2) is 4.79 Å². The van der Waals surface area contributed by atoms with E-state index in [1.165, 1.54) is 13.2 Å². The van der Waals surface area contributed by atoms with Crippen LogP contribution < -0.4 is 9.47 Å². The van der Waals surface area contributed by atoms with Crippen molar-refractivity contribution < 1.29 is 38.1 Å². The minimum atomic E-state index is -0.652. The monoisotopic (exact) mass is 549 g/mol. The maximum Gasteiger partial charge on any atom is 0.343 e. The van der Waals surface area contributed by atoms with E-state index in [1.807, 2.05) is 22.6 Å². The molecule has 0 aromatic heterocycles. The topological polar surface area (TPSA) is 108 Å². The van der Waals surface area contributed by atoms with Gasteiger partial charge in [-0.3, -0.25) is 19.3 Å². The van der Waals surface area contributed by atoms with E-state index < -0.39 is 29.6 Å². The van der Waals surface area contributed by atoms with Crippen molar-refractivity contribution in [3.8, 4) is 11.5 Å². The zero-order valence-corrected chi connectivity index (χ0v) is 19.5. The Kier molecular flexibility index (Phi) is 8.96. The Labute approximate surface area is 191 Å². The Balaban J connectivity index is 2.27. The molecule has 1 aliphatic rings. The van der Waals surface area contributed by atoms with Crippen molar-refractivity contribution in [1.29, 1.82) is 0 Å². The number of carbonyl (C=O) groups is 4. The predicted molar refractivity (Wildman–Crippen MR) is 117 cm³/mol. The molecule has 1 aromatic carbocycles. The fraction of sp³-hybridized carbons (Fsp3) is 0.368. The fourth-order valence-corrected chi connectivity index (χ4v) is 4.01. The van der Waals surface area contributed by atoms with Gasteiger partial charge in [-0.2, -0.15) is 0 Å². The molecule has 0 saturated carbocycles. The van der Waals surface area contributed by atoms with Crippen molar-refractivity contribution in [3.63, 3.8) is 0 Å². The van der Waals surface area contributed by atoms with E-state index in [2.05, 4.69) is 4.74 Å². The van der Waals surface area contributed by atoms with Gasteiger partial charge in [0.2, 0.25) is 0 Å². The molecule has 2 amide bonds. The smallest absolute Gasteiger partial charge is 0.343 e. The Morgan fingerprint density at radius 1 is 1.13 bits per heavy atom. The predicted octanol–water partition coefficient (Wildman–Crippen LogP) is 2.84. The van der Waals surface area contributed by atoms with Crippen molar-refractivity contribution >= 4 is 63.5 Å². The number of nitrogens with zero attached hydrogens (tertiary/aromatic N) is 1. The highest BCUT2D eigenvalue weighted by Crippen LogP contribution is 2.37. The van der Waals surface area contributed by atoms with Crippen LogP contribution in [0.2, 0.25) is 0 Å². The molecule has 0 unspecified atom stereocenters. The number of thioether (sulfide) groups is 1. The minimum absolute atomic E-state index is 0.161. The highest BCUT2D eigenvalue weighted by atomic mass is 127. The molecule has 9 nitrogen and oxygen atoms in total. The molecule has 11 heteroatoms. The lowest BCUT2D eigenvalue weighted by molar-refractivity contribution is -0.146. The van der Waals surface area contributed by atoms with Crippen LogP contribution in [0.4, 0.5) is 4.79 Å². The van der Waals surface area contributed by atoms with Crippen molar-refractivity contribution in [2.24, 2.45) is 0 Å². The zero-order chi connectivity index (χ0) is 22.3. The molecule has 0 aliphatic carbocycles. The third kappa shape index (κ3) is 6.11. The van der Waals surface area contributed by atoms with Gasteiger partial charge in [0, 0.05) is 0 Å². The normalized spacial score (nSPS) is 14.8. The van der Waals surface area contributed by atoms with E-state index in [0.29, 0.717) is 27.2 Å². The molecule has 1 saturated heterocycles. The molecule has 1 aliphatic heterocycles. The third-order valence-corrected chi connectivity index (χ3v) is 5.37.